The predicted molar refractivity (Wildman–Crippen MR) is 73.6 cm³/mol. The monoisotopic (exact) mass is 324 g/mol. The first-order valence-corrected chi connectivity index (χ1v) is 8.35. The second-order valence-corrected chi connectivity index (χ2v) is 7.89. The van der Waals surface area contributed by atoms with E-state index >= 15 is 0 Å². The number of aliphatic carboxylic acids is 2. The van der Waals surface area contributed by atoms with Crippen LogP contribution in [0.3, 0.4) is 0 Å². The zero-order chi connectivity index (χ0) is 15.9. The molecule has 1 unspecified atom stereocenters. The van der Waals surface area contributed by atoms with E-state index in [2.05, 4.69) is 5.32 Å². The molecule has 0 radical (unpaired) electrons. The van der Waals surface area contributed by atoms with Crippen LogP contribution in [0.25, 0.3) is 0 Å². The van der Waals surface area contributed by atoms with Crippen molar-refractivity contribution in [3.8, 4) is 0 Å². The first-order chi connectivity index (χ1) is 9.15. The van der Waals surface area contributed by atoms with Crippen LogP contribution in [0.2, 0.25) is 0 Å². The van der Waals surface area contributed by atoms with Gasteiger partial charge < -0.3 is 26.1 Å². The summed E-state index contributed by atoms with van der Waals surface area (Å²) in [6, 6.07) is -2.44. The minimum Gasteiger partial charge on any atom is -0.548 e. The average Bonchev–Trinajstić information content (AvgIpc) is 2.30. The molecule has 0 fully saturated rings. The number of carbonyl (C=O) groups excluding carboxylic acids is 3. The van der Waals surface area contributed by atoms with E-state index < -0.39 is 39.9 Å². The van der Waals surface area contributed by atoms with E-state index in [1.54, 1.807) is 0 Å². The third-order valence-corrected chi connectivity index (χ3v) is 6.44. The molecule has 0 bridgehead atoms. The lowest BCUT2D eigenvalue weighted by atomic mass is 10.3. The Hall–Kier alpha value is -1.26. The van der Waals surface area contributed by atoms with Crippen molar-refractivity contribution in [3.63, 3.8) is 0 Å². The largest absolute Gasteiger partial charge is 0.548 e. The Morgan fingerprint density at radius 1 is 1.35 bits per heavy atom. The normalized spacial score (nSPS) is 14.9. The van der Waals surface area contributed by atoms with Gasteiger partial charge in [-0.15, -0.1) is 0 Å². The first-order valence-electron chi connectivity index (χ1n) is 5.46. The van der Waals surface area contributed by atoms with E-state index in [0.717, 1.165) is 10.8 Å². The zero-order valence-corrected chi connectivity index (χ0v) is 12.6. The molecule has 0 saturated carbocycles. The fourth-order valence-electron chi connectivity index (χ4n) is 1.04. The van der Waals surface area contributed by atoms with Crippen molar-refractivity contribution in [3.05, 3.63) is 0 Å². The Kier molecular flexibility index (Phi) is 8.26. The molecule has 3 atom stereocenters. The van der Waals surface area contributed by atoms with Gasteiger partial charge in [0.25, 0.3) is 0 Å². The number of carboxylic acid groups (broad SMARTS) is 2. The molecule has 8 nitrogen and oxygen atoms in total. The highest BCUT2D eigenvalue weighted by atomic mass is 33.1. The number of hydrogen-bond acceptors (Lipinski definition) is 7. The highest BCUT2D eigenvalue weighted by molar-refractivity contribution is 8.79. The summed E-state index contributed by atoms with van der Waals surface area (Å²) in [7, 11) is -0.113. The van der Waals surface area contributed by atoms with Crippen LogP contribution in [0.1, 0.15) is 13.8 Å². The van der Waals surface area contributed by atoms with Gasteiger partial charge in [0, 0.05) is 13.8 Å². The molecule has 0 aliphatic rings. The summed E-state index contributed by atoms with van der Waals surface area (Å²) in [5.41, 5.74) is 5.26. The standard InChI is InChI=1S/C10H16N2O6S2/c1-5(13)12-8(10(17)18)4-20(6(2)14)19-3-7(11)9(15)16/h7-8H,3-4,11H2,1-2H3,(H2-,12,13,15,16,17,18)/t7-,8-,20?/m0/s1. The Labute approximate surface area is 122 Å². The molecule has 114 valence electrons. The molecule has 4 N–H and O–H groups in total. The van der Waals surface area contributed by atoms with Gasteiger partial charge in [0.15, 0.2) is 11.8 Å². The number of nitrogens with two attached hydrogens (primary N) is 1. The lowest BCUT2D eigenvalue weighted by Crippen LogP contribution is -2.46. The maximum Gasteiger partial charge on any atom is 0.340 e. The summed E-state index contributed by atoms with van der Waals surface area (Å²) in [5.74, 6) is -3.42. The molecule has 0 aromatic rings. The lowest BCUT2D eigenvalue weighted by Gasteiger charge is -2.14. The van der Waals surface area contributed by atoms with Crippen molar-refractivity contribution in [1.29, 1.82) is 0 Å². The van der Waals surface area contributed by atoms with Crippen molar-refractivity contribution in [2.24, 2.45) is 5.73 Å². The van der Waals surface area contributed by atoms with Crippen LogP contribution in [0.5, 0.6) is 0 Å². The zero-order valence-electron chi connectivity index (χ0n) is 11.0. The molecule has 0 spiro atoms. The number of carboxylic acids is 2. The van der Waals surface area contributed by atoms with Crippen LogP contribution in [0.15, 0.2) is 0 Å². The Balaban J connectivity index is 4.66. The molecule has 0 aromatic carbocycles. The van der Waals surface area contributed by atoms with Crippen molar-refractivity contribution < 1.29 is 29.4 Å². The van der Waals surface area contributed by atoms with Gasteiger partial charge in [-0.25, -0.2) is 9.59 Å². The smallest absolute Gasteiger partial charge is 0.340 e. The van der Waals surface area contributed by atoms with Crippen molar-refractivity contribution in [1.82, 2.24) is 5.32 Å². The van der Waals surface area contributed by atoms with Gasteiger partial charge in [-0.1, -0.05) is 0 Å². The molecular weight excluding hydrogens is 308 g/mol. The highest BCUT2D eigenvalue weighted by Gasteiger charge is 2.35. The highest BCUT2D eigenvalue weighted by Crippen LogP contribution is 2.20. The maximum absolute atomic E-state index is 11.5. The third-order valence-electron chi connectivity index (χ3n) is 2.01. The topological polar surface area (TPSA) is 150 Å². The van der Waals surface area contributed by atoms with Crippen LogP contribution in [0, 0.1) is 0 Å². The average molecular weight is 324 g/mol. The minimum atomic E-state index is -1.44. The number of amides is 1. The quantitative estimate of drug-likeness (QED) is 0.327. The molecule has 0 heterocycles. The van der Waals surface area contributed by atoms with Crippen molar-refractivity contribution in [2.75, 3.05) is 11.5 Å². The first kappa shape index (κ1) is 18.7. The Bertz CT molecular complexity index is 403. The second-order valence-electron chi connectivity index (χ2n) is 3.81. The third kappa shape index (κ3) is 7.36. The van der Waals surface area contributed by atoms with Gasteiger partial charge in [-0.3, -0.25) is 4.79 Å². The number of rotatable bonds is 8. The predicted octanol–water partition coefficient (Wildman–Crippen LogP) is -2.53. The molecule has 0 saturated heterocycles. The van der Waals surface area contributed by atoms with E-state index in [-0.39, 0.29) is 16.6 Å². The van der Waals surface area contributed by atoms with Crippen LogP contribution in [-0.2, 0) is 29.1 Å². The summed E-state index contributed by atoms with van der Waals surface area (Å²) in [6.45, 7) is 2.44. The summed E-state index contributed by atoms with van der Waals surface area (Å²) < 4.78 is 0. The molecule has 0 aromatic heterocycles. The second kappa shape index (κ2) is 8.82. The Morgan fingerprint density at radius 3 is 2.25 bits per heavy atom. The molecule has 0 aliphatic carbocycles. The summed E-state index contributed by atoms with van der Waals surface area (Å²) in [6.07, 6.45) is 0. The molecule has 1 amide bonds. The summed E-state index contributed by atoms with van der Waals surface area (Å²) in [4.78, 5) is 43.8. The van der Waals surface area contributed by atoms with Gasteiger partial charge in [0.05, 0.1) is 17.8 Å². The van der Waals surface area contributed by atoms with Crippen LogP contribution in [-0.4, -0.2) is 51.7 Å². The van der Waals surface area contributed by atoms with E-state index in [1.165, 1.54) is 13.8 Å². The summed E-state index contributed by atoms with van der Waals surface area (Å²) in [5, 5.41) is 21.4. The molecule has 10 heteroatoms. The molecular formula is C10H16N2O6S2. The maximum atomic E-state index is 11.5. The van der Waals surface area contributed by atoms with Crippen LogP contribution < -0.4 is 16.2 Å². The van der Waals surface area contributed by atoms with E-state index in [4.69, 9.17) is 10.8 Å². The molecule has 20 heavy (non-hydrogen) atoms. The minimum absolute atomic E-state index is 0.0720. The Morgan fingerprint density at radius 2 is 1.90 bits per heavy atom. The number of nitrogens with one attached hydrogen (secondary N) is 1. The molecule has 0 aliphatic heterocycles. The van der Waals surface area contributed by atoms with Gasteiger partial charge >= 0.3 is 11.1 Å². The van der Waals surface area contributed by atoms with Gasteiger partial charge in [0.2, 0.25) is 5.91 Å². The fraction of sp³-hybridized carbons (Fsp3) is 0.600. The number of hydrogen-bond donors (Lipinski definition) is 3. The molecule has 0 rings (SSSR count). The SMILES string of the molecule is CC(=O)N[C@@H](C[S+](SC[C@H](N)C(=O)[O-])C(C)=O)C(=O)O. The van der Waals surface area contributed by atoms with Gasteiger partial charge in [-0.2, -0.15) is 0 Å². The van der Waals surface area contributed by atoms with Crippen LogP contribution in [0.4, 0.5) is 0 Å². The van der Waals surface area contributed by atoms with E-state index in [9.17, 15) is 24.3 Å². The van der Waals surface area contributed by atoms with Gasteiger partial charge in [-0.05, 0) is 0 Å². The van der Waals surface area contributed by atoms with E-state index in [1.807, 2.05) is 0 Å². The number of carbonyl (C=O) groups is 4. The van der Waals surface area contributed by atoms with Crippen molar-refractivity contribution in [2.45, 2.75) is 25.9 Å². The van der Waals surface area contributed by atoms with Crippen molar-refractivity contribution >= 4 is 43.7 Å². The fourth-order valence-corrected chi connectivity index (χ4v) is 4.64. The van der Waals surface area contributed by atoms with Gasteiger partial charge in [0.1, 0.15) is 20.7 Å². The lowest BCUT2D eigenvalue weighted by molar-refractivity contribution is -0.306. The summed E-state index contributed by atoms with van der Waals surface area (Å²) >= 11 is 0. The van der Waals surface area contributed by atoms with E-state index in [0.29, 0.717) is 0 Å². The van der Waals surface area contributed by atoms with Crippen LogP contribution >= 0.6 is 10.8 Å².